The summed E-state index contributed by atoms with van der Waals surface area (Å²) in [4.78, 5) is 2.47. The first kappa shape index (κ1) is 23.7. The fourth-order valence-corrected chi connectivity index (χ4v) is 5.13. The van der Waals surface area contributed by atoms with Crippen LogP contribution in [-0.4, -0.2) is 71.7 Å². The minimum Gasteiger partial charge on any atom is -0.476 e. The molecule has 10 heteroatoms. The van der Waals surface area contributed by atoms with E-state index in [-0.39, 0.29) is 12.7 Å². The maximum atomic E-state index is 9.77. The number of H-pyrrole nitrogens is 1. The molecule has 0 saturated heterocycles. The third-order valence-corrected chi connectivity index (χ3v) is 7.07. The summed E-state index contributed by atoms with van der Waals surface area (Å²) in [5.74, 6) is 1.33. The minimum absolute atomic E-state index is 0.00354. The van der Waals surface area contributed by atoms with Crippen LogP contribution < -0.4 is 9.47 Å². The molecule has 4 heterocycles. The predicted octanol–water partition coefficient (Wildman–Crippen LogP) is 3.47. The van der Waals surface area contributed by atoms with E-state index in [9.17, 15) is 5.11 Å². The molecule has 3 aromatic heterocycles. The lowest BCUT2D eigenvalue weighted by Gasteiger charge is -2.27. The molecule has 0 unspecified atom stereocenters. The van der Waals surface area contributed by atoms with E-state index in [0.29, 0.717) is 31.6 Å². The topological polar surface area (TPSA) is 106 Å². The SMILES string of the molecule is CCOc1nn(CCO)c2c1/C=C/c1[nH]nc3ccc(cc13)-c1cnn(C)c1O[C@H](C)CN(C1CC1)C2. The predicted molar refractivity (Wildman–Crippen MR) is 141 cm³/mol. The van der Waals surface area contributed by atoms with Crippen molar-refractivity contribution in [3.8, 4) is 22.9 Å². The number of aromatic amines is 1. The van der Waals surface area contributed by atoms with Gasteiger partial charge in [-0.15, -0.1) is 5.10 Å². The molecular formula is C27H33N7O3. The fraction of sp³-hybridized carbons (Fsp3) is 0.444. The second-order valence-corrected chi connectivity index (χ2v) is 9.82. The molecule has 37 heavy (non-hydrogen) atoms. The Morgan fingerprint density at radius 1 is 1.24 bits per heavy atom. The molecule has 0 radical (unpaired) electrons. The van der Waals surface area contributed by atoms with Crippen LogP contribution in [0.4, 0.5) is 0 Å². The van der Waals surface area contributed by atoms with Crippen LogP contribution in [0.1, 0.15) is 43.6 Å². The van der Waals surface area contributed by atoms with Crippen molar-refractivity contribution >= 4 is 23.1 Å². The summed E-state index contributed by atoms with van der Waals surface area (Å²) in [5, 5.41) is 27.7. The lowest BCUT2D eigenvalue weighted by Crippen LogP contribution is -2.36. The Bertz CT molecular complexity index is 1450. The Kier molecular flexibility index (Phi) is 6.21. The summed E-state index contributed by atoms with van der Waals surface area (Å²) in [6, 6.07) is 6.70. The van der Waals surface area contributed by atoms with Crippen LogP contribution in [-0.2, 0) is 20.1 Å². The number of aryl methyl sites for hydroxylation is 1. The number of fused-ring (bicyclic) bond motifs is 4. The van der Waals surface area contributed by atoms with Gasteiger partial charge >= 0.3 is 0 Å². The Balaban J connectivity index is 1.53. The van der Waals surface area contributed by atoms with E-state index >= 15 is 0 Å². The molecule has 194 valence electrons. The van der Waals surface area contributed by atoms with Gasteiger partial charge in [-0.05, 0) is 56.5 Å². The molecule has 1 aromatic carbocycles. The van der Waals surface area contributed by atoms with Crippen LogP contribution in [0.25, 0.3) is 34.2 Å². The zero-order valence-electron chi connectivity index (χ0n) is 21.5. The lowest BCUT2D eigenvalue weighted by atomic mass is 10.1. The summed E-state index contributed by atoms with van der Waals surface area (Å²) in [5.41, 5.74) is 5.71. The van der Waals surface area contributed by atoms with E-state index in [1.807, 2.05) is 37.0 Å². The van der Waals surface area contributed by atoms with Crippen LogP contribution in [0.15, 0.2) is 24.4 Å². The van der Waals surface area contributed by atoms with E-state index < -0.39 is 0 Å². The van der Waals surface area contributed by atoms with Crippen LogP contribution >= 0.6 is 0 Å². The van der Waals surface area contributed by atoms with Gasteiger partial charge in [-0.1, -0.05) is 6.07 Å². The van der Waals surface area contributed by atoms with Gasteiger partial charge in [0.15, 0.2) is 0 Å². The normalized spacial score (nSPS) is 19.2. The summed E-state index contributed by atoms with van der Waals surface area (Å²) in [7, 11) is 1.91. The van der Waals surface area contributed by atoms with Crippen molar-refractivity contribution in [1.82, 2.24) is 34.7 Å². The number of hydrogen-bond donors (Lipinski definition) is 2. The largest absolute Gasteiger partial charge is 0.476 e. The van der Waals surface area contributed by atoms with Crippen molar-refractivity contribution in [2.24, 2.45) is 7.05 Å². The molecule has 2 N–H and O–H groups in total. The first-order valence-corrected chi connectivity index (χ1v) is 13.0. The molecule has 10 nitrogen and oxygen atoms in total. The van der Waals surface area contributed by atoms with Crippen molar-refractivity contribution < 1.29 is 14.6 Å². The minimum atomic E-state index is -0.0623. The number of aliphatic hydroxyl groups is 1. The van der Waals surface area contributed by atoms with Gasteiger partial charge in [0.25, 0.3) is 0 Å². The number of nitrogens with one attached hydrogen (secondary N) is 1. The van der Waals surface area contributed by atoms with Gasteiger partial charge in [-0.25, -0.2) is 4.68 Å². The molecule has 1 aliphatic carbocycles. The standard InChI is InChI=1S/C27H33N7O3/c1-4-36-26-20-8-10-24-21-13-18(5-9-23(21)29-30-24)22-14-28-32(3)27(22)37-17(2)15-33(19-6-7-19)16-25(20)34(31-26)11-12-35/h5,8-10,13-14,17,19,35H,4,6-7,11-12,15-16H2,1-3H3,(H,29,30)/b10-8+/t17-/m1/s1. The van der Waals surface area contributed by atoms with Crippen molar-refractivity contribution in [3.63, 3.8) is 0 Å². The van der Waals surface area contributed by atoms with Crippen molar-refractivity contribution in [1.29, 1.82) is 0 Å². The Labute approximate surface area is 215 Å². The first-order valence-electron chi connectivity index (χ1n) is 13.0. The highest BCUT2D eigenvalue weighted by molar-refractivity contribution is 5.93. The number of rotatable bonds is 5. The molecule has 2 bridgehead atoms. The summed E-state index contributed by atoms with van der Waals surface area (Å²) in [6.07, 6.45) is 8.23. The zero-order chi connectivity index (χ0) is 25.5. The van der Waals surface area contributed by atoms with Gasteiger partial charge < -0.3 is 14.6 Å². The average Bonchev–Trinajstić information content (AvgIpc) is 3.47. The van der Waals surface area contributed by atoms with E-state index in [2.05, 4.69) is 45.3 Å². The fourth-order valence-electron chi connectivity index (χ4n) is 5.13. The van der Waals surface area contributed by atoms with Gasteiger partial charge in [0.1, 0.15) is 6.10 Å². The van der Waals surface area contributed by atoms with Crippen LogP contribution in [0.2, 0.25) is 0 Å². The molecule has 2 aliphatic rings. The Hall–Kier alpha value is -3.63. The molecule has 6 rings (SSSR count). The third-order valence-electron chi connectivity index (χ3n) is 7.07. The van der Waals surface area contributed by atoms with Gasteiger partial charge in [-0.2, -0.15) is 10.2 Å². The average molecular weight is 504 g/mol. The van der Waals surface area contributed by atoms with Gasteiger partial charge in [0, 0.05) is 31.6 Å². The molecular weight excluding hydrogens is 470 g/mol. The highest BCUT2D eigenvalue weighted by Gasteiger charge is 2.33. The van der Waals surface area contributed by atoms with Crippen LogP contribution in [0.3, 0.4) is 0 Å². The Morgan fingerprint density at radius 2 is 2.11 bits per heavy atom. The molecule has 1 fully saturated rings. The number of aliphatic hydroxyl groups excluding tert-OH is 1. The summed E-state index contributed by atoms with van der Waals surface area (Å²) >= 11 is 0. The second kappa shape index (κ2) is 9.68. The van der Waals surface area contributed by atoms with E-state index in [4.69, 9.17) is 14.6 Å². The van der Waals surface area contributed by atoms with Gasteiger partial charge in [0.2, 0.25) is 11.8 Å². The van der Waals surface area contributed by atoms with Crippen LogP contribution in [0, 0.1) is 0 Å². The highest BCUT2D eigenvalue weighted by atomic mass is 16.5. The smallest absolute Gasteiger partial charge is 0.240 e. The quantitative estimate of drug-likeness (QED) is 0.430. The number of nitrogens with zero attached hydrogens (tertiary/aromatic N) is 6. The van der Waals surface area contributed by atoms with Crippen molar-refractivity contribution in [2.75, 3.05) is 19.8 Å². The van der Waals surface area contributed by atoms with E-state index in [1.54, 1.807) is 4.68 Å². The second-order valence-electron chi connectivity index (χ2n) is 9.82. The Morgan fingerprint density at radius 3 is 2.89 bits per heavy atom. The summed E-state index contributed by atoms with van der Waals surface area (Å²) in [6.45, 7) is 6.43. The van der Waals surface area contributed by atoms with Crippen molar-refractivity contribution in [3.05, 3.63) is 41.3 Å². The number of hydrogen-bond acceptors (Lipinski definition) is 7. The number of ether oxygens (including phenoxy) is 2. The van der Waals surface area contributed by atoms with E-state index in [0.717, 1.165) is 51.4 Å². The maximum Gasteiger partial charge on any atom is 0.240 e. The number of benzene rings is 1. The highest BCUT2D eigenvalue weighted by Crippen LogP contribution is 2.36. The molecule has 1 saturated carbocycles. The van der Waals surface area contributed by atoms with Gasteiger partial charge in [0.05, 0.1) is 54.0 Å². The molecule has 1 atom stereocenters. The molecule has 0 spiro atoms. The molecule has 0 amide bonds. The maximum absolute atomic E-state index is 9.77. The number of aromatic nitrogens is 6. The monoisotopic (exact) mass is 503 g/mol. The third kappa shape index (κ3) is 4.51. The first-order chi connectivity index (χ1) is 18.1. The van der Waals surface area contributed by atoms with E-state index in [1.165, 1.54) is 12.8 Å². The van der Waals surface area contributed by atoms with Gasteiger partial charge in [-0.3, -0.25) is 14.7 Å². The summed E-state index contributed by atoms with van der Waals surface area (Å²) < 4.78 is 16.2. The van der Waals surface area contributed by atoms with Crippen LogP contribution in [0.5, 0.6) is 11.8 Å². The van der Waals surface area contributed by atoms with Crippen molar-refractivity contribution in [2.45, 2.75) is 51.9 Å². The molecule has 4 aromatic rings. The zero-order valence-corrected chi connectivity index (χ0v) is 21.5. The molecule has 1 aliphatic heterocycles. The lowest BCUT2D eigenvalue weighted by molar-refractivity contribution is 0.125.